The van der Waals surface area contributed by atoms with E-state index in [-0.39, 0.29) is 31.7 Å². The first kappa shape index (κ1) is 50.5. The number of carbonyl (C=O) groups is 1. The van der Waals surface area contributed by atoms with Crippen molar-refractivity contribution in [1.29, 1.82) is 0 Å². The van der Waals surface area contributed by atoms with Crippen molar-refractivity contribution >= 4 is 13.8 Å². The van der Waals surface area contributed by atoms with Gasteiger partial charge in [-0.3, -0.25) is 13.8 Å². The van der Waals surface area contributed by atoms with E-state index in [9.17, 15) is 14.3 Å². The number of phosphoric acid groups is 1. The van der Waals surface area contributed by atoms with Crippen LogP contribution in [-0.4, -0.2) is 75.6 Å². The summed E-state index contributed by atoms with van der Waals surface area (Å²) in [6.07, 6.45) is 35.0. The number of unbranched alkanes of at least 4 members (excludes halogenated alkanes) is 25. The van der Waals surface area contributed by atoms with Gasteiger partial charge in [0.05, 0.1) is 40.3 Å². The number of hydrogen-bond donors (Lipinski definition) is 1. The predicted molar refractivity (Wildman–Crippen MR) is 215 cm³/mol. The van der Waals surface area contributed by atoms with Crippen LogP contribution in [0, 0.1) is 5.92 Å². The molecule has 0 radical (unpaired) electrons. The SMILES string of the molecule is CCCCCCCCCCCCCCCCOC[C@@H](COP(=O)(O)OCC[N+](C)(C)C)OC(=O)[C@@H](C)CCCCCCCCCCCCCCC. The van der Waals surface area contributed by atoms with Gasteiger partial charge in [-0.05, 0) is 12.8 Å². The van der Waals surface area contributed by atoms with Crippen LogP contribution < -0.4 is 0 Å². The van der Waals surface area contributed by atoms with Crippen molar-refractivity contribution in [2.24, 2.45) is 5.92 Å². The second kappa shape index (κ2) is 35.2. The van der Waals surface area contributed by atoms with Gasteiger partial charge in [-0.25, -0.2) is 4.57 Å². The zero-order chi connectivity index (χ0) is 37.9. The summed E-state index contributed by atoms with van der Waals surface area (Å²) >= 11 is 0. The van der Waals surface area contributed by atoms with Gasteiger partial charge in [0, 0.05) is 6.61 Å². The monoisotopic (exact) mass is 749 g/mol. The molecule has 3 atom stereocenters. The van der Waals surface area contributed by atoms with Crippen molar-refractivity contribution < 1.29 is 37.3 Å². The van der Waals surface area contributed by atoms with Crippen molar-refractivity contribution in [3.05, 3.63) is 0 Å². The lowest BCUT2D eigenvalue weighted by Crippen LogP contribution is -2.37. The number of phosphoric ester groups is 1. The minimum Gasteiger partial charge on any atom is -0.457 e. The fourth-order valence-electron chi connectivity index (χ4n) is 6.24. The summed E-state index contributed by atoms with van der Waals surface area (Å²) in [6.45, 7) is 7.55. The molecule has 0 fully saturated rings. The molecule has 0 saturated carbocycles. The van der Waals surface area contributed by atoms with Gasteiger partial charge in [0.25, 0.3) is 0 Å². The van der Waals surface area contributed by atoms with Gasteiger partial charge < -0.3 is 18.9 Å². The molecule has 0 aliphatic carbocycles. The van der Waals surface area contributed by atoms with Crippen LogP contribution in [0.25, 0.3) is 0 Å². The number of quaternary nitrogens is 1. The highest BCUT2D eigenvalue weighted by Crippen LogP contribution is 2.43. The standard InChI is InChI=1S/C42H86NO7P/c1-7-9-11-13-15-17-19-21-23-25-27-29-31-33-36-47-38-41(39-49-51(45,46)48-37-35-43(4,5)6)50-42(44)40(3)34-32-30-28-26-24-22-20-18-16-14-12-10-8-2/h40-41H,7-39H2,1-6H3/p+1/t40-,41-/m0/s1. The highest BCUT2D eigenvalue weighted by Gasteiger charge is 2.27. The van der Waals surface area contributed by atoms with Crippen molar-refractivity contribution in [1.82, 2.24) is 0 Å². The van der Waals surface area contributed by atoms with E-state index in [4.69, 9.17) is 18.5 Å². The summed E-state index contributed by atoms with van der Waals surface area (Å²) in [4.78, 5) is 23.2. The third kappa shape index (κ3) is 37.6. The molecule has 0 heterocycles. The predicted octanol–water partition coefficient (Wildman–Crippen LogP) is 12.4. The molecule has 0 aromatic rings. The number of carbonyl (C=O) groups excluding carboxylic acids is 1. The second-order valence-electron chi connectivity index (χ2n) is 16.3. The fraction of sp³-hybridized carbons (Fsp3) is 0.976. The molecular weight excluding hydrogens is 661 g/mol. The van der Waals surface area contributed by atoms with Gasteiger partial charge in [0.1, 0.15) is 19.3 Å². The molecule has 1 N–H and O–H groups in total. The topological polar surface area (TPSA) is 91.3 Å². The smallest absolute Gasteiger partial charge is 0.457 e. The number of ether oxygens (including phenoxy) is 2. The zero-order valence-electron chi connectivity index (χ0n) is 34.8. The van der Waals surface area contributed by atoms with Gasteiger partial charge in [-0.1, -0.05) is 188 Å². The minimum absolute atomic E-state index is 0.0908. The van der Waals surface area contributed by atoms with Crippen LogP contribution in [0.5, 0.6) is 0 Å². The van der Waals surface area contributed by atoms with Crippen molar-refractivity contribution in [3.8, 4) is 0 Å². The summed E-state index contributed by atoms with van der Waals surface area (Å²) < 4.78 is 35.2. The third-order valence-electron chi connectivity index (χ3n) is 9.81. The molecule has 0 saturated heterocycles. The summed E-state index contributed by atoms with van der Waals surface area (Å²) in [7, 11) is 1.67. The number of hydrogen-bond acceptors (Lipinski definition) is 6. The molecular formula is C42H87NO7P+. The van der Waals surface area contributed by atoms with Crippen LogP contribution >= 0.6 is 7.82 Å². The molecule has 0 aliphatic rings. The van der Waals surface area contributed by atoms with Gasteiger partial charge in [-0.15, -0.1) is 0 Å². The Labute approximate surface area is 317 Å². The van der Waals surface area contributed by atoms with E-state index in [0.717, 1.165) is 32.1 Å². The van der Waals surface area contributed by atoms with Crippen molar-refractivity contribution in [3.63, 3.8) is 0 Å². The van der Waals surface area contributed by atoms with Gasteiger partial charge in [0.15, 0.2) is 0 Å². The maximum absolute atomic E-state index is 13.0. The highest BCUT2D eigenvalue weighted by atomic mass is 31.2. The Balaban J connectivity index is 4.34. The van der Waals surface area contributed by atoms with E-state index in [1.54, 1.807) is 0 Å². The average Bonchev–Trinajstić information content (AvgIpc) is 3.08. The van der Waals surface area contributed by atoms with Gasteiger partial charge in [0.2, 0.25) is 0 Å². The molecule has 0 bridgehead atoms. The quantitative estimate of drug-likeness (QED) is 0.0289. The first-order chi connectivity index (χ1) is 24.5. The number of likely N-dealkylation sites (N-methyl/N-ethyl adjacent to an activating group) is 1. The lowest BCUT2D eigenvalue weighted by atomic mass is 10.0. The Bertz CT molecular complexity index is 807. The lowest BCUT2D eigenvalue weighted by Gasteiger charge is -2.24. The van der Waals surface area contributed by atoms with Gasteiger partial charge >= 0.3 is 13.8 Å². The molecule has 1 unspecified atom stereocenters. The summed E-state index contributed by atoms with van der Waals surface area (Å²) in [5.74, 6) is -0.547. The molecule has 51 heavy (non-hydrogen) atoms. The summed E-state index contributed by atoms with van der Waals surface area (Å²) in [6, 6.07) is 0. The maximum Gasteiger partial charge on any atom is 0.472 e. The molecule has 0 rings (SSSR count). The first-order valence-corrected chi connectivity index (χ1v) is 23.2. The Morgan fingerprint density at radius 2 is 0.961 bits per heavy atom. The Hall–Kier alpha value is -0.500. The van der Waals surface area contributed by atoms with Crippen molar-refractivity contribution in [2.75, 3.05) is 54.1 Å². The molecule has 8 nitrogen and oxygen atoms in total. The van der Waals surface area contributed by atoms with E-state index in [1.165, 1.54) is 148 Å². The normalized spacial score (nSPS) is 14.4. The molecule has 0 amide bonds. The molecule has 0 aliphatic heterocycles. The summed E-state index contributed by atoms with van der Waals surface area (Å²) in [5, 5.41) is 0. The zero-order valence-corrected chi connectivity index (χ0v) is 35.7. The highest BCUT2D eigenvalue weighted by molar-refractivity contribution is 7.47. The van der Waals surface area contributed by atoms with Crippen LogP contribution in [0.15, 0.2) is 0 Å². The fourth-order valence-corrected chi connectivity index (χ4v) is 6.98. The Morgan fingerprint density at radius 3 is 1.37 bits per heavy atom. The van der Waals surface area contributed by atoms with Crippen LogP contribution in [0.2, 0.25) is 0 Å². The lowest BCUT2D eigenvalue weighted by molar-refractivity contribution is -0.870. The van der Waals surface area contributed by atoms with Crippen LogP contribution in [-0.2, 0) is 27.9 Å². The van der Waals surface area contributed by atoms with Crippen LogP contribution in [0.1, 0.15) is 201 Å². The van der Waals surface area contributed by atoms with E-state index in [1.807, 2.05) is 28.1 Å². The minimum atomic E-state index is -4.28. The molecule has 9 heteroatoms. The molecule has 0 aromatic carbocycles. The van der Waals surface area contributed by atoms with Crippen molar-refractivity contribution in [2.45, 2.75) is 207 Å². The Kier molecular flexibility index (Phi) is 34.9. The van der Waals surface area contributed by atoms with E-state index in [2.05, 4.69) is 13.8 Å². The second-order valence-corrected chi connectivity index (χ2v) is 17.7. The number of esters is 1. The molecule has 0 aromatic heterocycles. The third-order valence-corrected chi connectivity index (χ3v) is 10.8. The van der Waals surface area contributed by atoms with Crippen LogP contribution in [0.4, 0.5) is 0 Å². The number of nitrogens with zero attached hydrogens (tertiary/aromatic N) is 1. The average molecular weight is 749 g/mol. The van der Waals surface area contributed by atoms with E-state index >= 15 is 0 Å². The Morgan fingerprint density at radius 1 is 0.569 bits per heavy atom. The number of rotatable bonds is 40. The molecule has 306 valence electrons. The summed E-state index contributed by atoms with van der Waals surface area (Å²) in [5.41, 5.74) is 0. The maximum atomic E-state index is 13.0. The van der Waals surface area contributed by atoms with E-state index < -0.39 is 13.9 Å². The van der Waals surface area contributed by atoms with Crippen LogP contribution in [0.3, 0.4) is 0 Å². The van der Waals surface area contributed by atoms with E-state index in [0.29, 0.717) is 17.6 Å². The molecule has 0 spiro atoms. The van der Waals surface area contributed by atoms with Gasteiger partial charge in [-0.2, -0.15) is 0 Å². The first-order valence-electron chi connectivity index (χ1n) is 21.7. The largest absolute Gasteiger partial charge is 0.472 e.